The van der Waals surface area contributed by atoms with Gasteiger partial charge in [-0.3, -0.25) is 4.79 Å². The lowest BCUT2D eigenvalue weighted by atomic mass is 9.86. The van der Waals surface area contributed by atoms with Crippen molar-refractivity contribution in [3.8, 4) is 0 Å². The van der Waals surface area contributed by atoms with E-state index in [1.54, 1.807) is 20.8 Å². The van der Waals surface area contributed by atoms with Crippen molar-refractivity contribution >= 4 is 11.9 Å². The smallest absolute Gasteiger partial charge is 0.326 e. The van der Waals surface area contributed by atoms with Gasteiger partial charge >= 0.3 is 5.97 Å². The first-order chi connectivity index (χ1) is 7.32. The van der Waals surface area contributed by atoms with Gasteiger partial charge in [0.2, 0.25) is 5.91 Å². The Kier molecular flexibility index (Phi) is 3.91. The minimum absolute atomic E-state index is 0.208. The predicted octanol–water partition coefficient (Wildman–Crippen LogP) is 0.354. The molecule has 1 amide bonds. The van der Waals surface area contributed by atoms with E-state index in [1.807, 2.05) is 0 Å². The lowest BCUT2D eigenvalue weighted by molar-refractivity contribution is -0.145. The van der Waals surface area contributed by atoms with Gasteiger partial charge in [0.1, 0.15) is 6.04 Å². The summed E-state index contributed by atoms with van der Waals surface area (Å²) in [6.45, 7) is 6.22. The highest BCUT2D eigenvalue weighted by molar-refractivity contribution is 5.87. The fraction of sp³-hybridized carbons (Fsp3) is 0.818. The standard InChI is InChI=1S/C11H20N2O3/c1-11(2,3)8(10(15)16)13-9(14)7-5-4-6-12-7/h7-8,12H,4-6H2,1-3H3,(H,13,14)(H,15,16). The normalized spacial score (nSPS) is 22.8. The number of hydrogen-bond donors (Lipinski definition) is 3. The van der Waals surface area contributed by atoms with E-state index in [9.17, 15) is 9.59 Å². The lowest BCUT2D eigenvalue weighted by Gasteiger charge is -2.28. The number of carbonyl (C=O) groups is 2. The van der Waals surface area contributed by atoms with Gasteiger partial charge in [-0.05, 0) is 24.8 Å². The molecule has 0 saturated carbocycles. The van der Waals surface area contributed by atoms with Crippen LogP contribution in [0.4, 0.5) is 0 Å². The van der Waals surface area contributed by atoms with Gasteiger partial charge in [-0.15, -0.1) is 0 Å². The molecule has 0 aromatic carbocycles. The Morgan fingerprint density at radius 2 is 2.06 bits per heavy atom. The Hall–Kier alpha value is -1.10. The molecule has 0 aliphatic carbocycles. The number of aliphatic carboxylic acids is 1. The zero-order valence-electron chi connectivity index (χ0n) is 10.0. The zero-order chi connectivity index (χ0) is 12.3. The number of carbonyl (C=O) groups excluding carboxylic acids is 1. The van der Waals surface area contributed by atoms with Gasteiger partial charge in [0, 0.05) is 0 Å². The summed E-state index contributed by atoms with van der Waals surface area (Å²) in [7, 11) is 0. The van der Waals surface area contributed by atoms with Gasteiger partial charge in [0.05, 0.1) is 6.04 Å². The molecule has 1 fully saturated rings. The van der Waals surface area contributed by atoms with Gasteiger partial charge in [-0.2, -0.15) is 0 Å². The van der Waals surface area contributed by atoms with E-state index in [2.05, 4.69) is 10.6 Å². The van der Waals surface area contributed by atoms with E-state index in [0.29, 0.717) is 0 Å². The molecule has 0 aromatic rings. The maximum absolute atomic E-state index is 11.8. The zero-order valence-corrected chi connectivity index (χ0v) is 10.0. The van der Waals surface area contributed by atoms with E-state index < -0.39 is 17.4 Å². The van der Waals surface area contributed by atoms with Crippen molar-refractivity contribution in [3.63, 3.8) is 0 Å². The molecule has 2 atom stereocenters. The van der Waals surface area contributed by atoms with Crippen LogP contribution in [0.5, 0.6) is 0 Å². The van der Waals surface area contributed by atoms with Crippen LogP contribution in [-0.2, 0) is 9.59 Å². The molecule has 92 valence electrons. The second kappa shape index (κ2) is 4.82. The number of hydrogen-bond acceptors (Lipinski definition) is 3. The summed E-state index contributed by atoms with van der Waals surface area (Å²) < 4.78 is 0. The van der Waals surface area contributed by atoms with Gasteiger partial charge in [-0.1, -0.05) is 20.8 Å². The van der Waals surface area contributed by atoms with Crippen LogP contribution in [0.2, 0.25) is 0 Å². The summed E-state index contributed by atoms with van der Waals surface area (Å²) in [6.07, 6.45) is 1.74. The largest absolute Gasteiger partial charge is 0.480 e. The summed E-state index contributed by atoms with van der Waals surface area (Å²) in [5.41, 5.74) is -0.486. The van der Waals surface area contributed by atoms with Crippen LogP contribution < -0.4 is 10.6 Å². The summed E-state index contributed by atoms with van der Waals surface area (Å²) >= 11 is 0. The Bertz CT molecular complexity index is 277. The van der Waals surface area contributed by atoms with Gasteiger partial charge in [-0.25, -0.2) is 4.79 Å². The highest BCUT2D eigenvalue weighted by atomic mass is 16.4. The van der Waals surface area contributed by atoms with Crippen molar-refractivity contribution in [1.29, 1.82) is 0 Å². The molecule has 5 nitrogen and oxygen atoms in total. The Balaban J connectivity index is 2.61. The average Bonchev–Trinajstić information content (AvgIpc) is 2.63. The van der Waals surface area contributed by atoms with Gasteiger partial charge < -0.3 is 15.7 Å². The number of carboxylic acid groups (broad SMARTS) is 1. The minimum atomic E-state index is -0.987. The van der Waals surface area contributed by atoms with E-state index in [1.165, 1.54) is 0 Å². The molecule has 0 radical (unpaired) electrons. The Morgan fingerprint density at radius 3 is 2.44 bits per heavy atom. The quantitative estimate of drug-likeness (QED) is 0.651. The van der Waals surface area contributed by atoms with Crippen LogP contribution >= 0.6 is 0 Å². The molecule has 0 bridgehead atoms. The molecular formula is C11H20N2O3. The van der Waals surface area contributed by atoms with Crippen molar-refractivity contribution in [2.45, 2.75) is 45.7 Å². The molecule has 1 aliphatic rings. The average molecular weight is 228 g/mol. The highest BCUT2D eigenvalue weighted by Gasteiger charge is 2.34. The van der Waals surface area contributed by atoms with Crippen LogP contribution in [0.1, 0.15) is 33.6 Å². The topological polar surface area (TPSA) is 78.4 Å². The highest BCUT2D eigenvalue weighted by Crippen LogP contribution is 2.20. The molecule has 1 heterocycles. The molecule has 0 aromatic heterocycles. The lowest BCUT2D eigenvalue weighted by Crippen LogP contribution is -2.53. The monoisotopic (exact) mass is 228 g/mol. The van der Waals surface area contributed by atoms with Crippen molar-refractivity contribution < 1.29 is 14.7 Å². The molecule has 1 rings (SSSR count). The molecule has 0 spiro atoms. The van der Waals surface area contributed by atoms with Crippen LogP contribution in [0.3, 0.4) is 0 Å². The first-order valence-electron chi connectivity index (χ1n) is 5.59. The molecular weight excluding hydrogens is 208 g/mol. The number of rotatable bonds is 3. The van der Waals surface area contributed by atoms with Crippen molar-refractivity contribution in [3.05, 3.63) is 0 Å². The minimum Gasteiger partial charge on any atom is -0.480 e. The van der Waals surface area contributed by atoms with E-state index in [0.717, 1.165) is 19.4 Å². The third-order valence-corrected chi connectivity index (χ3v) is 2.78. The molecule has 16 heavy (non-hydrogen) atoms. The first kappa shape index (κ1) is 13.0. The summed E-state index contributed by atoms with van der Waals surface area (Å²) in [6, 6.07) is -1.08. The number of nitrogens with one attached hydrogen (secondary N) is 2. The summed E-state index contributed by atoms with van der Waals surface area (Å²) in [4.78, 5) is 22.8. The molecule has 5 heteroatoms. The second-order valence-electron chi connectivity index (χ2n) is 5.29. The van der Waals surface area contributed by atoms with E-state index in [-0.39, 0.29) is 11.9 Å². The van der Waals surface area contributed by atoms with Crippen LogP contribution in [-0.4, -0.2) is 35.6 Å². The molecule has 1 saturated heterocycles. The molecule has 2 unspecified atom stereocenters. The number of amides is 1. The fourth-order valence-electron chi connectivity index (χ4n) is 1.80. The van der Waals surface area contributed by atoms with Crippen LogP contribution in [0.25, 0.3) is 0 Å². The first-order valence-corrected chi connectivity index (χ1v) is 5.59. The fourth-order valence-corrected chi connectivity index (χ4v) is 1.80. The third kappa shape index (κ3) is 3.20. The van der Waals surface area contributed by atoms with E-state index >= 15 is 0 Å². The second-order valence-corrected chi connectivity index (χ2v) is 5.29. The number of carboxylic acids is 1. The molecule has 1 aliphatic heterocycles. The Labute approximate surface area is 95.6 Å². The van der Waals surface area contributed by atoms with Crippen molar-refractivity contribution in [2.24, 2.45) is 5.41 Å². The summed E-state index contributed by atoms with van der Waals surface area (Å²) in [5.74, 6) is -1.20. The van der Waals surface area contributed by atoms with Gasteiger partial charge in [0.25, 0.3) is 0 Å². The SMILES string of the molecule is CC(C)(C)C(NC(=O)C1CCCN1)C(=O)O. The van der Waals surface area contributed by atoms with E-state index in [4.69, 9.17) is 5.11 Å². The van der Waals surface area contributed by atoms with Crippen molar-refractivity contribution in [2.75, 3.05) is 6.54 Å². The van der Waals surface area contributed by atoms with Crippen LogP contribution in [0, 0.1) is 5.41 Å². The summed E-state index contributed by atoms with van der Waals surface area (Å²) in [5, 5.41) is 14.7. The third-order valence-electron chi connectivity index (χ3n) is 2.78. The maximum Gasteiger partial charge on any atom is 0.326 e. The van der Waals surface area contributed by atoms with Crippen LogP contribution in [0.15, 0.2) is 0 Å². The molecule has 3 N–H and O–H groups in total. The van der Waals surface area contributed by atoms with Gasteiger partial charge in [0.15, 0.2) is 0 Å². The predicted molar refractivity (Wildman–Crippen MR) is 60.0 cm³/mol. The maximum atomic E-state index is 11.8. The van der Waals surface area contributed by atoms with Crippen molar-refractivity contribution in [1.82, 2.24) is 10.6 Å². The Morgan fingerprint density at radius 1 is 1.44 bits per heavy atom.